The predicted octanol–water partition coefficient (Wildman–Crippen LogP) is 8.97. The Morgan fingerprint density at radius 2 is 1.12 bits per heavy atom. The molecule has 0 atom stereocenters. The van der Waals surface area contributed by atoms with Gasteiger partial charge in [-0.3, -0.25) is 9.36 Å². The molecule has 0 bridgehead atoms. The van der Waals surface area contributed by atoms with Gasteiger partial charge in [0.2, 0.25) is 11.9 Å². The molecule has 0 saturated carbocycles. The smallest absolute Gasteiger partial charge is 0.262 e. The van der Waals surface area contributed by atoms with Gasteiger partial charge >= 0.3 is 12.4 Å². The van der Waals surface area contributed by atoms with Gasteiger partial charge in [-0.15, -0.1) is 6.42 Å². The van der Waals surface area contributed by atoms with Crippen LogP contribution < -0.4 is 0 Å². The van der Waals surface area contributed by atoms with Crippen LogP contribution in [0.5, 0.6) is 0 Å². The third kappa shape index (κ3) is 12.7. The highest BCUT2D eigenvalue weighted by Gasteiger charge is 2.29. The average molecular weight is 819 g/mol. The van der Waals surface area contributed by atoms with Crippen LogP contribution in [0.15, 0.2) is 110 Å². The second-order valence-electron chi connectivity index (χ2n) is 10.3. The second-order valence-corrected chi connectivity index (χ2v) is 11.5. The molecule has 0 saturated heterocycles. The minimum atomic E-state index is -4.33. The lowest BCUT2D eigenvalue weighted by Gasteiger charge is -2.04. The third-order valence-electron chi connectivity index (χ3n) is 6.30. The molecule has 2 aromatic carbocycles. The van der Waals surface area contributed by atoms with Gasteiger partial charge in [-0.2, -0.15) is 45.3 Å². The van der Waals surface area contributed by atoms with Crippen LogP contribution in [0, 0.1) is 39.7 Å². The molecule has 0 N–H and O–H groups in total. The Labute approximate surface area is 300 Å². The van der Waals surface area contributed by atoms with E-state index in [1.807, 2.05) is 22.6 Å². The Kier molecular flexibility index (Phi) is 13.1. The number of benzene rings is 2. The summed E-state index contributed by atoms with van der Waals surface area (Å²) in [5.41, 5.74) is 3.88. The van der Waals surface area contributed by atoms with E-state index in [9.17, 15) is 35.1 Å². The summed E-state index contributed by atoms with van der Waals surface area (Å²) in [5, 5.41) is 7.12. The maximum atomic E-state index is 13.7. The van der Waals surface area contributed by atoms with E-state index in [4.69, 9.17) is 6.42 Å². The van der Waals surface area contributed by atoms with Crippen LogP contribution in [0.1, 0.15) is 16.7 Å². The highest BCUT2D eigenvalue weighted by atomic mass is 127. The maximum Gasteiger partial charge on any atom is 0.408 e. The lowest BCUT2D eigenvalue weighted by Crippen LogP contribution is -2.17. The molecule has 0 unspecified atom stereocenters. The molecule has 260 valence electrons. The summed E-state index contributed by atoms with van der Waals surface area (Å²) >= 11 is 1.90. The molecule has 6 nitrogen and oxygen atoms in total. The zero-order valence-electron chi connectivity index (χ0n) is 26.0. The monoisotopic (exact) mass is 818 g/mol. The van der Waals surface area contributed by atoms with Gasteiger partial charge in [0.1, 0.15) is 13.1 Å². The Hall–Kier alpha value is -5.55. The summed E-state index contributed by atoms with van der Waals surface area (Å²) < 4.78 is 101. The summed E-state index contributed by atoms with van der Waals surface area (Å²) in [7, 11) is 0. The van der Waals surface area contributed by atoms with Crippen molar-refractivity contribution in [1.29, 1.82) is 0 Å². The minimum absolute atomic E-state index is 0.351. The number of nitrogens with zero attached hydrogens (tertiary/aromatic N) is 6. The van der Waals surface area contributed by atoms with Crippen molar-refractivity contribution in [1.82, 2.24) is 29.5 Å². The van der Waals surface area contributed by atoms with Crippen molar-refractivity contribution >= 4 is 22.6 Å². The number of halogens is 9. The summed E-state index contributed by atoms with van der Waals surface area (Å²) in [5.74, 6) is 7.04. The molecule has 0 aliphatic rings. The third-order valence-corrected chi connectivity index (χ3v) is 6.86. The highest BCUT2D eigenvalue weighted by molar-refractivity contribution is 14.1. The maximum absolute atomic E-state index is 13.7. The molecule has 4 aromatic heterocycles. The molecule has 4 heterocycles. The zero-order chi connectivity index (χ0) is 37.0. The van der Waals surface area contributed by atoms with Crippen LogP contribution in [0.25, 0.3) is 22.3 Å². The SMILES string of the molecule is C#Cc1cccc(-c2cccnc2F)c1.FC(F)(F)Cn1cc(I)cn1.Fc1ncccc1-c1cccc(C#Cc2cnn(CC(F)(F)F)c2)c1. The van der Waals surface area contributed by atoms with Gasteiger partial charge in [0.15, 0.2) is 0 Å². The molecule has 6 rings (SSSR count). The second kappa shape index (κ2) is 17.4. The molecule has 51 heavy (non-hydrogen) atoms. The van der Waals surface area contributed by atoms with Crippen LogP contribution in [0.3, 0.4) is 0 Å². The van der Waals surface area contributed by atoms with Crippen molar-refractivity contribution in [2.24, 2.45) is 0 Å². The highest BCUT2D eigenvalue weighted by Crippen LogP contribution is 2.23. The van der Waals surface area contributed by atoms with E-state index in [1.165, 1.54) is 37.2 Å². The van der Waals surface area contributed by atoms with E-state index >= 15 is 0 Å². The topological polar surface area (TPSA) is 61.4 Å². The lowest BCUT2D eigenvalue weighted by molar-refractivity contribution is -0.143. The number of pyridine rings is 2. The van der Waals surface area contributed by atoms with Gasteiger partial charge in [0, 0.05) is 47.0 Å². The van der Waals surface area contributed by atoms with E-state index in [-0.39, 0.29) is 0 Å². The van der Waals surface area contributed by atoms with Crippen LogP contribution in [0.4, 0.5) is 35.1 Å². The Balaban J connectivity index is 0.000000190. The zero-order valence-corrected chi connectivity index (χ0v) is 28.1. The van der Waals surface area contributed by atoms with Crippen molar-refractivity contribution in [2.75, 3.05) is 0 Å². The molecular formula is C36H23F8IN6. The fourth-order valence-corrected chi connectivity index (χ4v) is 4.64. The fourth-order valence-electron chi connectivity index (χ4n) is 4.19. The first kappa shape index (κ1) is 38.3. The fraction of sp³-hybridized carbons (Fsp3) is 0.111. The summed E-state index contributed by atoms with van der Waals surface area (Å²) in [4.78, 5) is 7.20. The minimum Gasteiger partial charge on any atom is -0.262 e. The molecule has 0 radical (unpaired) electrons. The Morgan fingerprint density at radius 1 is 0.627 bits per heavy atom. The van der Waals surface area contributed by atoms with E-state index < -0.39 is 37.3 Å². The van der Waals surface area contributed by atoms with E-state index in [1.54, 1.807) is 72.8 Å². The molecule has 0 spiro atoms. The Morgan fingerprint density at radius 3 is 1.61 bits per heavy atom. The summed E-state index contributed by atoms with van der Waals surface area (Å²) in [6.07, 6.45) is 4.76. The van der Waals surface area contributed by atoms with Gasteiger partial charge in [0.25, 0.3) is 0 Å². The van der Waals surface area contributed by atoms with Crippen molar-refractivity contribution in [3.05, 3.63) is 142 Å². The van der Waals surface area contributed by atoms with E-state index in [2.05, 4.69) is 37.9 Å². The number of aromatic nitrogens is 6. The number of alkyl halides is 6. The summed E-state index contributed by atoms with van der Waals surface area (Å²) in [6, 6.07) is 20.7. The average Bonchev–Trinajstić information content (AvgIpc) is 3.70. The summed E-state index contributed by atoms with van der Waals surface area (Å²) in [6.45, 7) is -2.18. The first-order chi connectivity index (χ1) is 24.2. The van der Waals surface area contributed by atoms with Crippen LogP contribution >= 0.6 is 22.6 Å². The normalized spacial score (nSPS) is 10.8. The van der Waals surface area contributed by atoms with Gasteiger partial charge in [-0.25, -0.2) is 9.97 Å². The van der Waals surface area contributed by atoms with Gasteiger partial charge in [0.05, 0.1) is 21.5 Å². The molecule has 0 aliphatic heterocycles. The molecule has 15 heteroatoms. The Bertz CT molecular complexity index is 2170. The standard InChI is InChI=1S/C18H11F4N3.C13H8FN.C5H4F3IN2/c19-17-16(5-2-8-23-17)15-4-1-3-13(9-15)6-7-14-10-24-25(11-14)12-18(20,21)22;1-2-10-5-3-6-11(9-10)12-7-4-8-15-13(12)14;6-5(7,8)3-11-2-4(9)1-10-11/h1-5,8-11H,12H2;1,3-9H;1-2H,3H2. The van der Waals surface area contributed by atoms with E-state index in [0.29, 0.717) is 31.4 Å². The van der Waals surface area contributed by atoms with Crippen LogP contribution in [-0.4, -0.2) is 41.9 Å². The van der Waals surface area contributed by atoms with Gasteiger partial charge < -0.3 is 0 Å². The molecule has 0 amide bonds. The first-order valence-electron chi connectivity index (χ1n) is 14.4. The molecule has 0 fully saturated rings. The first-order valence-corrected chi connectivity index (χ1v) is 15.5. The quantitative estimate of drug-likeness (QED) is 0.0772. The molecule has 6 aromatic rings. The van der Waals surface area contributed by atoms with Crippen LogP contribution in [-0.2, 0) is 13.1 Å². The number of hydrogen-bond acceptors (Lipinski definition) is 4. The molecule has 0 aliphatic carbocycles. The van der Waals surface area contributed by atoms with Crippen molar-refractivity contribution in [3.8, 4) is 46.4 Å². The molecular weight excluding hydrogens is 795 g/mol. The largest absolute Gasteiger partial charge is 0.408 e. The van der Waals surface area contributed by atoms with Crippen LogP contribution in [0.2, 0.25) is 0 Å². The van der Waals surface area contributed by atoms with Crippen molar-refractivity contribution in [3.63, 3.8) is 0 Å². The number of rotatable bonds is 4. The predicted molar refractivity (Wildman–Crippen MR) is 182 cm³/mol. The lowest BCUT2D eigenvalue weighted by atomic mass is 10.0. The van der Waals surface area contributed by atoms with Crippen molar-refractivity contribution in [2.45, 2.75) is 25.4 Å². The van der Waals surface area contributed by atoms with Crippen molar-refractivity contribution < 1.29 is 35.1 Å². The van der Waals surface area contributed by atoms with Gasteiger partial charge in [-0.05, 0) is 82.2 Å². The van der Waals surface area contributed by atoms with E-state index in [0.717, 1.165) is 20.5 Å². The number of terminal acetylenes is 1. The number of hydrogen-bond donors (Lipinski definition) is 0. The van der Waals surface area contributed by atoms with Gasteiger partial charge in [-0.1, -0.05) is 42.0 Å².